The van der Waals surface area contributed by atoms with Gasteiger partial charge in [-0.1, -0.05) is 30.3 Å². The first kappa shape index (κ1) is 22.8. The molecule has 6 nitrogen and oxygen atoms in total. The number of rotatable bonds is 6. The molecule has 0 radical (unpaired) electrons. The molecule has 0 fully saturated rings. The highest BCUT2D eigenvalue weighted by Gasteiger charge is 2.24. The number of H-pyrrole nitrogens is 1. The number of hydrogen-bond acceptors (Lipinski definition) is 3. The minimum absolute atomic E-state index is 0.0230. The molecule has 1 aliphatic heterocycles. The van der Waals surface area contributed by atoms with Crippen LogP contribution in [-0.2, 0) is 30.7 Å². The Morgan fingerprint density at radius 2 is 1.94 bits per heavy atom. The molecule has 0 saturated carbocycles. The molecule has 178 valence electrons. The summed E-state index contributed by atoms with van der Waals surface area (Å²) >= 11 is 0. The predicted molar refractivity (Wildman–Crippen MR) is 132 cm³/mol. The maximum absolute atomic E-state index is 14.0. The fraction of sp³-hybridized carbons (Fsp3) is 0.250. The summed E-state index contributed by atoms with van der Waals surface area (Å²) < 4.78 is 14.0. The molecule has 7 heteroatoms. The van der Waals surface area contributed by atoms with E-state index in [9.17, 15) is 14.0 Å². The van der Waals surface area contributed by atoms with Crippen molar-refractivity contribution in [3.8, 4) is 0 Å². The number of carbonyl (C=O) groups is 2. The van der Waals surface area contributed by atoms with Gasteiger partial charge in [0.15, 0.2) is 0 Å². The van der Waals surface area contributed by atoms with Crippen LogP contribution in [0.3, 0.4) is 0 Å². The number of nitrogens with zero attached hydrogens (tertiary/aromatic N) is 2. The molecular weight excluding hydrogens is 443 g/mol. The smallest absolute Gasteiger partial charge is 0.254 e. The SMILES string of the molecule is Cc1ncc2c(c1CNC(=O)c1ccccc1F)CCN(C(=O)CCc1c[nH]c3ccccc13)C2. The number of para-hydroxylation sites is 1. The molecule has 0 spiro atoms. The normalized spacial score (nSPS) is 13.0. The minimum Gasteiger partial charge on any atom is -0.361 e. The van der Waals surface area contributed by atoms with Gasteiger partial charge in [-0.2, -0.15) is 0 Å². The second-order valence-corrected chi connectivity index (χ2v) is 8.91. The Bertz CT molecular complexity index is 1410. The zero-order valence-corrected chi connectivity index (χ0v) is 19.6. The van der Waals surface area contributed by atoms with Gasteiger partial charge >= 0.3 is 0 Å². The number of carbonyl (C=O) groups excluding carboxylic acids is 2. The van der Waals surface area contributed by atoms with Crippen LogP contribution in [-0.4, -0.2) is 33.2 Å². The lowest BCUT2D eigenvalue weighted by Crippen LogP contribution is -2.37. The van der Waals surface area contributed by atoms with Gasteiger partial charge in [0.1, 0.15) is 5.82 Å². The average Bonchev–Trinajstić information content (AvgIpc) is 3.29. The molecule has 5 rings (SSSR count). The van der Waals surface area contributed by atoms with Crippen LogP contribution in [0.5, 0.6) is 0 Å². The maximum Gasteiger partial charge on any atom is 0.254 e. The molecule has 2 amide bonds. The Morgan fingerprint density at radius 3 is 2.80 bits per heavy atom. The van der Waals surface area contributed by atoms with Gasteiger partial charge in [0.05, 0.1) is 5.56 Å². The van der Waals surface area contributed by atoms with Crippen molar-refractivity contribution < 1.29 is 14.0 Å². The van der Waals surface area contributed by atoms with Crippen molar-refractivity contribution >= 4 is 22.7 Å². The van der Waals surface area contributed by atoms with Crippen LogP contribution >= 0.6 is 0 Å². The van der Waals surface area contributed by atoms with E-state index in [0.29, 0.717) is 32.4 Å². The second-order valence-electron chi connectivity index (χ2n) is 8.91. The minimum atomic E-state index is -0.545. The van der Waals surface area contributed by atoms with Crippen LogP contribution in [0.4, 0.5) is 4.39 Å². The summed E-state index contributed by atoms with van der Waals surface area (Å²) in [4.78, 5) is 35.1. The molecule has 0 saturated heterocycles. The Kier molecular flexibility index (Phi) is 6.31. The van der Waals surface area contributed by atoms with Crippen LogP contribution in [0.25, 0.3) is 10.9 Å². The van der Waals surface area contributed by atoms with Crippen molar-refractivity contribution in [3.63, 3.8) is 0 Å². The highest BCUT2D eigenvalue weighted by atomic mass is 19.1. The summed E-state index contributed by atoms with van der Waals surface area (Å²) in [5.41, 5.74) is 6.14. The van der Waals surface area contributed by atoms with E-state index in [1.54, 1.807) is 12.1 Å². The Morgan fingerprint density at radius 1 is 1.14 bits per heavy atom. The van der Waals surface area contributed by atoms with E-state index in [0.717, 1.165) is 38.9 Å². The van der Waals surface area contributed by atoms with Gasteiger partial charge in [0.25, 0.3) is 5.91 Å². The molecule has 35 heavy (non-hydrogen) atoms. The van der Waals surface area contributed by atoms with Crippen molar-refractivity contribution in [3.05, 3.63) is 100 Å². The van der Waals surface area contributed by atoms with Gasteiger partial charge in [-0.05, 0) is 60.2 Å². The first-order valence-electron chi connectivity index (χ1n) is 11.8. The second kappa shape index (κ2) is 9.70. The molecule has 0 bridgehead atoms. The topological polar surface area (TPSA) is 78.1 Å². The number of fused-ring (bicyclic) bond motifs is 2. The van der Waals surface area contributed by atoms with E-state index in [-0.39, 0.29) is 18.0 Å². The third kappa shape index (κ3) is 4.67. The number of halogens is 1. The fourth-order valence-electron chi connectivity index (χ4n) is 4.82. The van der Waals surface area contributed by atoms with Crippen molar-refractivity contribution in [2.24, 2.45) is 0 Å². The monoisotopic (exact) mass is 470 g/mol. The number of aromatic amines is 1. The van der Waals surface area contributed by atoms with E-state index in [1.165, 1.54) is 12.1 Å². The van der Waals surface area contributed by atoms with Crippen molar-refractivity contribution in [1.82, 2.24) is 20.2 Å². The number of nitrogens with one attached hydrogen (secondary N) is 2. The summed E-state index contributed by atoms with van der Waals surface area (Å²) in [5.74, 6) is -0.877. The predicted octanol–water partition coefficient (Wildman–Crippen LogP) is 4.46. The van der Waals surface area contributed by atoms with Gasteiger partial charge in [0, 0.05) is 55.0 Å². The summed E-state index contributed by atoms with van der Waals surface area (Å²) in [6.45, 7) is 3.30. The van der Waals surface area contributed by atoms with Gasteiger partial charge in [-0.25, -0.2) is 4.39 Å². The third-order valence-corrected chi connectivity index (χ3v) is 6.78. The Hall–Kier alpha value is -4.00. The molecule has 2 aromatic heterocycles. The van der Waals surface area contributed by atoms with Gasteiger partial charge < -0.3 is 15.2 Å². The summed E-state index contributed by atoms with van der Waals surface area (Å²) in [6.07, 6.45) is 5.64. The van der Waals surface area contributed by atoms with E-state index >= 15 is 0 Å². The largest absolute Gasteiger partial charge is 0.361 e. The summed E-state index contributed by atoms with van der Waals surface area (Å²) in [5, 5.41) is 3.99. The van der Waals surface area contributed by atoms with Gasteiger partial charge in [0.2, 0.25) is 5.91 Å². The standard InChI is InChI=1S/C28H27FN4O2/c1-18-24(16-32-28(35)23-7-2-4-8-25(23)29)21-12-13-33(17-20(21)15-30-18)27(34)11-10-19-14-31-26-9-5-3-6-22(19)26/h2-9,14-15,31H,10-13,16-17H2,1H3,(H,32,35). The van der Waals surface area contributed by atoms with Crippen LogP contribution < -0.4 is 5.32 Å². The number of pyridine rings is 1. The number of hydrogen-bond donors (Lipinski definition) is 2. The van der Waals surface area contributed by atoms with Crippen LogP contribution in [0.15, 0.2) is 60.9 Å². The highest BCUT2D eigenvalue weighted by molar-refractivity contribution is 5.94. The average molecular weight is 471 g/mol. The van der Waals surface area contributed by atoms with E-state index in [4.69, 9.17) is 0 Å². The fourth-order valence-corrected chi connectivity index (χ4v) is 4.82. The molecule has 2 aromatic carbocycles. The number of aromatic nitrogens is 2. The zero-order valence-electron chi connectivity index (χ0n) is 19.6. The lowest BCUT2D eigenvalue weighted by Gasteiger charge is -2.30. The first-order valence-corrected chi connectivity index (χ1v) is 11.8. The van der Waals surface area contributed by atoms with Crippen molar-refractivity contribution in [2.75, 3.05) is 6.54 Å². The third-order valence-electron chi connectivity index (χ3n) is 6.78. The lowest BCUT2D eigenvalue weighted by molar-refractivity contribution is -0.132. The van der Waals surface area contributed by atoms with E-state index in [1.807, 2.05) is 42.4 Å². The quantitative estimate of drug-likeness (QED) is 0.437. The first-order chi connectivity index (χ1) is 17.0. The van der Waals surface area contributed by atoms with Gasteiger partial charge in [-0.3, -0.25) is 14.6 Å². The molecule has 0 aliphatic carbocycles. The molecule has 0 unspecified atom stereocenters. The number of amides is 2. The highest BCUT2D eigenvalue weighted by Crippen LogP contribution is 2.25. The van der Waals surface area contributed by atoms with Crippen molar-refractivity contribution in [2.45, 2.75) is 39.3 Å². The molecule has 2 N–H and O–H groups in total. The van der Waals surface area contributed by atoms with Crippen LogP contribution in [0, 0.1) is 12.7 Å². The van der Waals surface area contributed by atoms with Crippen LogP contribution in [0.2, 0.25) is 0 Å². The number of benzene rings is 2. The maximum atomic E-state index is 14.0. The Labute approximate surface area is 203 Å². The van der Waals surface area contributed by atoms with E-state index < -0.39 is 11.7 Å². The molecule has 3 heterocycles. The van der Waals surface area contributed by atoms with Crippen LogP contribution in [0.1, 0.15) is 44.7 Å². The summed E-state index contributed by atoms with van der Waals surface area (Å²) in [6, 6.07) is 14.0. The van der Waals surface area contributed by atoms with Gasteiger partial charge in [-0.15, -0.1) is 0 Å². The van der Waals surface area contributed by atoms with E-state index in [2.05, 4.69) is 21.4 Å². The summed E-state index contributed by atoms with van der Waals surface area (Å²) in [7, 11) is 0. The Balaban J connectivity index is 1.24. The number of aryl methyl sites for hydroxylation is 2. The molecule has 0 atom stereocenters. The zero-order chi connectivity index (χ0) is 24.4. The lowest BCUT2D eigenvalue weighted by atomic mass is 9.94. The molecular formula is C28H27FN4O2. The molecule has 1 aliphatic rings. The van der Waals surface area contributed by atoms with Crippen molar-refractivity contribution in [1.29, 1.82) is 0 Å². The molecule has 4 aromatic rings.